The maximum atomic E-state index is 12.1. The van der Waals surface area contributed by atoms with Crippen LogP contribution in [-0.4, -0.2) is 59.0 Å². The molecule has 2 heterocycles. The van der Waals surface area contributed by atoms with Gasteiger partial charge in [0.1, 0.15) is 5.82 Å². The molecule has 128 valence electrons. The second-order valence-corrected chi connectivity index (χ2v) is 6.17. The Morgan fingerprint density at radius 3 is 2.92 bits per heavy atom. The number of nitrogens with one attached hydrogen (secondary N) is 2. The van der Waals surface area contributed by atoms with Gasteiger partial charge in [-0.1, -0.05) is 12.1 Å². The topological polar surface area (TPSA) is 79.3 Å². The molecule has 1 saturated heterocycles. The minimum absolute atomic E-state index is 0.0748. The number of imidazole rings is 1. The van der Waals surface area contributed by atoms with Gasteiger partial charge in [-0.15, -0.1) is 0 Å². The third kappa shape index (κ3) is 3.41. The molecule has 0 bridgehead atoms. The van der Waals surface area contributed by atoms with Gasteiger partial charge in [0, 0.05) is 33.1 Å². The van der Waals surface area contributed by atoms with Crippen molar-refractivity contribution in [1.29, 1.82) is 0 Å². The first-order valence-corrected chi connectivity index (χ1v) is 8.21. The highest BCUT2D eigenvalue weighted by Crippen LogP contribution is 2.14. The van der Waals surface area contributed by atoms with Crippen LogP contribution in [0.4, 0.5) is 0 Å². The molecule has 1 fully saturated rings. The van der Waals surface area contributed by atoms with Crippen molar-refractivity contribution in [2.45, 2.75) is 18.9 Å². The number of piperazine rings is 1. The second kappa shape index (κ2) is 7.00. The van der Waals surface area contributed by atoms with E-state index < -0.39 is 0 Å². The first-order valence-electron chi connectivity index (χ1n) is 8.21. The van der Waals surface area contributed by atoms with E-state index in [1.807, 2.05) is 47.8 Å². The summed E-state index contributed by atoms with van der Waals surface area (Å²) in [5.41, 5.74) is 2.04. The van der Waals surface area contributed by atoms with E-state index >= 15 is 0 Å². The highest BCUT2D eigenvalue weighted by Gasteiger charge is 2.28. The van der Waals surface area contributed by atoms with Crippen LogP contribution in [0.3, 0.4) is 0 Å². The number of para-hydroxylation sites is 2. The van der Waals surface area contributed by atoms with E-state index in [-0.39, 0.29) is 24.3 Å². The molecule has 1 aliphatic rings. The highest BCUT2D eigenvalue weighted by molar-refractivity contribution is 5.88. The molecule has 0 spiro atoms. The van der Waals surface area contributed by atoms with Crippen LogP contribution in [0.15, 0.2) is 24.3 Å². The molecule has 1 aliphatic heterocycles. The Hall–Kier alpha value is -2.41. The monoisotopic (exact) mass is 329 g/mol. The molecule has 7 nitrogen and oxygen atoms in total. The molecule has 0 aliphatic carbocycles. The minimum atomic E-state index is -0.380. The molecule has 0 saturated carbocycles. The predicted octanol–water partition coefficient (Wildman–Crippen LogP) is 0.0523. The zero-order chi connectivity index (χ0) is 17.1. The number of benzene rings is 1. The van der Waals surface area contributed by atoms with Gasteiger partial charge < -0.3 is 15.2 Å². The summed E-state index contributed by atoms with van der Waals surface area (Å²) in [6.07, 6.45) is 0.842. The van der Waals surface area contributed by atoms with E-state index in [0.717, 1.165) is 23.4 Å². The number of hydrogen-bond donors (Lipinski definition) is 2. The van der Waals surface area contributed by atoms with Crippen molar-refractivity contribution in [1.82, 2.24) is 25.1 Å². The van der Waals surface area contributed by atoms with E-state index in [0.29, 0.717) is 19.5 Å². The molecule has 3 rings (SSSR count). The van der Waals surface area contributed by atoms with E-state index in [2.05, 4.69) is 15.6 Å². The Bertz CT molecular complexity index is 755. The first kappa shape index (κ1) is 16.4. The van der Waals surface area contributed by atoms with E-state index in [4.69, 9.17) is 0 Å². The SMILES string of the molecule is CN1CCNC(=O)C1CC(=O)NCCc1nc2ccccc2n1C. The molecular formula is C17H23N5O2. The molecule has 2 amide bonds. The lowest BCUT2D eigenvalue weighted by atomic mass is 10.1. The van der Waals surface area contributed by atoms with E-state index in [1.54, 1.807) is 0 Å². The highest BCUT2D eigenvalue weighted by atomic mass is 16.2. The molecule has 1 aromatic carbocycles. The summed E-state index contributed by atoms with van der Waals surface area (Å²) in [6.45, 7) is 1.91. The van der Waals surface area contributed by atoms with Gasteiger partial charge in [-0.25, -0.2) is 4.98 Å². The lowest BCUT2D eigenvalue weighted by Crippen LogP contribution is -2.55. The number of likely N-dealkylation sites (N-methyl/N-ethyl adjacent to an activating group) is 1. The van der Waals surface area contributed by atoms with Crippen LogP contribution in [0.1, 0.15) is 12.2 Å². The lowest BCUT2D eigenvalue weighted by molar-refractivity contribution is -0.133. The number of nitrogens with zero attached hydrogens (tertiary/aromatic N) is 3. The number of carbonyl (C=O) groups is 2. The van der Waals surface area contributed by atoms with Gasteiger partial charge in [-0.05, 0) is 19.2 Å². The summed E-state index contributed by atoms with van der Waals surface area (Å²) in [5, 5.41) is 5.69. The van der Waals surface area contributed by atoms with Crippen molar-refractivity contribution in [2.24, 2.45) is 7.05 Å². The average Bonchev–Trinajstić information content (AvgIpc) is 2.88. The van der Waals surface area contributed by atoms with E-state index in [9.17, 15) is 9.59 Å². The molecule has 2 aromatic rings. The number of fused-ring (bicyclic) bond motifs is 1. The Kier molecular flexibility index (Phi) is 4.80. The van der Waals surface area contributed by atoms with Crippen LogP contribution in [-0.2, 0) is 23.1 Å². The maximum Gasteiger partial charge on any atom is 0.237 e. The van der Waals surface area contributed by atoms with Gasteiger partial charge in [-0.3, -0.25) is 14.5 Å². The zero-order valence-electron chi connectivity index (χ0n) is 14.1. The van der Waals surface area contributed by atoms with Crippen molar-refractivity contribution >= 4 is 22.8 Å². The largest absolute Gasteiger partial charge is 0.356 e. The van der Waals surface area contributed by atoms with Crippen LogP contribution in [0.2, 0.25) is 0 Å². The number of aryl methyl sites for hydroxylation is 1. The van der Waals surface area contributed by atoms with Gasteiger partial charge >= 0.3 is 0 Å². The van der Waals surface area contributed by atoms with Gasteiger partial charge in [0.05, 0.1) is 23.5 Å². The Labute approximate surface area is 141 Å². The maximum absolute atomic E-state index is 12.1. The standard InChI is InChI=1S/C17H23N5O2/c1-21-10-9-19-17(24)14(21)11-16(23)18-8-7-15-20-12-5-3-4-6-13(12)22(15)2/h3-6,14H,7-11H2,1-2H3,(H,18,23)(H,19,24). The molecule has 2 N–H and O–H groups in total. The van der Waals surface area contributed by atoms with Crippen LogP contribution in [0.5, 0.6) is 0 Å². The average molecular weight is 329 g/mol. The van der Waals surface area contributed by atoms with Gasteiger partial charge in [0.2, 0.25) is 11.8 Å². The fraction of sp³-hybridized carbons (Fsp3) is 0.471. The van der Waals surface area contributed by atoms with Gasteiger partial charge in [0.15, 0.2) is 0 Å². The molecule has 1 unspecified atom stereocenters. The smallest absolute Gasteiger partial charge is 0.237 e. The lowest BCUT2D eigenvalue weighted by Gasteiger charge is -2.31. The third-order valence-corrected chi connectivity index (χ3v) is 4.53. The Balaban J connectivity index is 1.53. The second-order valence-electron chi connectivity index (χ2n) is 6.17. The van der Waals surface area contributed by atoms with Gasteiger partial charge in [0.25, 0.3) is 0 Å². The Morgan fingerprint density at radius 2 is 2.17 bits per heavy atom. The predicted molar refractivity (Wildman–Crippen MR) is 91.5 cm³/mol. The zero-order valence-corrected chi connectivity index (χ0v) is 14.1. The van der Waals surface area contributed by atoms with Crippen molar-refractivity contribution in [3.05, 3.63) is 30.1 Å². The number of amides is 2. The van der Waals surface area contributed by atoms with Crippen molar-refractivity contribution in [2.75, 3.05) is 26.7 Å². The summed E-state index contributed by atoms with van der Waals surface area (Å²) < 4.78 is 2.05. The number of aromatic nitrogens is 2. The fourth-order valence-electron chi connectivity index (χ4n) is 3.06. The summed E-state index contributed by atoms with van der Waals surface area (Å²) >= 11 is 0. The Morgan fingerprint density at radius 1 is 1.38 bits per heavy atom. The number of hydrogen-bond acceptors (Lipinski definition) is 4. The molecule has 24 heavy (non-hydrogen) atoms. The molecule has 1 atom stereocenters. The quantitative estimate of drug-likeness (QED) is 0.813. The molecule has 0 radical (unpaired) electrons. The van der Waals surface area contributed by atoms with Crippen LogP contribution in [0, 0.1) is 0 Å². The summed E-state index contributed by atoms with van der Waals surface area (Å²) in [5.74, 6) is 0.751. The molecular weight excluding hydrogens is 306 g/mol. The van der Waals surface area contributed by atoms with E-state index in [1.165, 1.54) is 0 Å². The van der Waals surface area contributed by atoms with Crippen LogP contribution in [0.25, 0.3) is 11.0 Å². The first-order chi connectivity index (χ1) is 11.6. The third-order valence-electron chi connectivity index (χ3n) is 4.53. The normalized spacial score (nSPS) is 18.6. The van der Waals surface area contributed by atoms with Crippen LogP contribution >= 0.6 is 0 Å². The van der Waals surface area contributed by atoms with Crippen molar-refractivity contribution in [3.63, 3.8) is 0 Å². The summed E-state index contributed by atoms with van der Waals surface area (Å²) in [4.78, 5) is 30.4. The minimum Gasteiger partial charge on any atom is -0.356 e. The number of carbonyl (C=O) groups excluding carboxylic acids is 2. The van der Waals surface area contributed by atoms with Crippen molar-refractivity contribution < 1.29 is 9.59 Å². The number of rotatable bonds is 5. The molecule has 7 heteroatoms. The molecule has 1 aromatic heterocycles. The summed E-state index contributed by atoms with van der Waals surface area (Å²) in [7, 11) is 3.85. The van der Waals surface area contributed by atoms with Crippen molar-refractivity contribution in [3.8, 4) is 0 Å². The van der Waals surface area contributed by atoms with Crippen LogP contribution < -0.4 is 10.6 Å². The van der Waals surface area contributed by atoms with Gasteiger partial charge in [-0.2, -0.15) is 0 Å². The fourth-order valence-corrected chi connectivity index (χ4v) is 3.06. The summed E-state index contributed by atoms with van der Waals surface area (Å²) in [6, 6.07) is 7.58.